The molecule has 5 fully saturated rings. The Balaban J connectivity index is 1.21. The van der Waals surface area contributed by atoms with Crippen molar-refractivity contribution in [3.8, 4) is 41.2 Å². The van der Waals surface area contributed by atoms with E-state index in [2.05, 4.69) is 15.7 Å². The summed E-state index contributed by atoms with van der Waals surface area (Å²) < 4.78 is 62.3. The molecule has 0 saturated carbocycles. The van der Waals surface area contributed by atoms with Crippen LogP contribution in [0.5, 0.6) is 17.6 Å². The number of terminal acetylenes is 1. The quantitative estimate of drug-likeness (QED) is 0.152. The topological polar surface area (TPSA) is 112 Å². The van der Waals surface area contributed by atoms with Gasteiger partial charge in [0, 0.05) is 55.6 Å². The van der Waals surface area contributed by atoms with Gasteiger partial charge in [-0.1, -0.05) is 18.1 Å². The smallest absolute Gasteiger partial charge is 0.410 e. The molecule has 2 aromatic carbocycles. The maximum Gasteiger partial charge on any atom is 0.410 e. The first-order chi connectivity index (χ1) is 26.9. The number of hydrogen-bond donors (Lipinski definition) is 0. The normalized spacial score (nSPS) is 25.7. The molecule has 6 aliphatic rings. The molecule has 2 bridgehead atoms. The Morgan fingerprint density at radius 1 is 1.11 bits per heavy atom. The SMILES string of the molecule is C#Cc1cccc2cc(OCOC)cc(-c3nc4c5c(nc(OC[C@@]67CCCN6C[C@H](F)C7)nc5c3F)N3C[C@H]5CC[C@H](CN5C(=O)OC(C)(C)C)[C@H]3CO4)c12. The number of hydrogen-bond acceptors (Lipinski definition) is 11. The maximum atomic E-state index is 17.6. The zero-order valence-electron chi connectivity index (χ0n) is 32.1. The van der Waals surface area contributed by atoms with Crippen molar-refractivity contribution >= 4 is 33.6 Å². The molecule has 0 N–H and O–H groups in total. The Bertz CT molecular complexity index is 2260. The lowest BCUT2D eigenvalue weighted by Crippen LogP contribution is -2.49. The highest BCUT2D eigenvalue weighted by Gasteiger charge is 2.50. The van der Waals surface area contributed by atoms with Crippen molar-refractivity contribution in [1.29, 1.82) is 0 Å². The number of carbonyl (C=O) groups excluding carboxylic acids is 1. The van der Waals surface area contributed by atoms with Gasteiger partial charge in [-0.05, 0) is 76.6 Å². The number of alkyl halides is 1. The summed E-state index contributed by atoms with van der Waals surface area (Å²) in [7, 11) is 1.52. The summed E-state index contributed by atoms with van der Waals surface area (Å²) in [5.74, 6) is 3.06. The van der Waals surface area contributed by atoms with Crippen LogP contribution in [0, 0.1) is 24.1 Å². The summed E-state index contributed by atoms with van der Waals surface area (Å²) in [5.41, 5.74) is -0.235. The van der Waals surface area contributed by atoms with Gasteiger partial charge in [-0.15, -0.1) is 6.42 Å². The van der Waals surface area contributed by atoms with E-state index in [1.165, 1.54) is 7.11 Å². The Morgan fingerprint density at radius 2 is 1.96 bits per heavy atom. The van der Waals surface area contributed by atoms with Crippen LogP contribution in [-0.2, 0) is 9.47 Å². The molecule has 10 rings (SSSR count). The van der Waals surface area contributed by atoms with Crippen LogP contribution in [0.3, 0.4) is 0 Å². The van der Waals surface area contributed by atoms with E-state index < -0.39 is 23.1 Å². The lowest BCUT2D eigenvalue weighted by Gasteiger charge is -2.37. The Labute approximate surface area is 324 Å². The number of fused-ring (bicyclic) bond motifs is 4. The van der Waals surface area contributed by atoms with Crippen molar-refractivity contribution in [2.75, 3.05) is 58.2 Å². The molecule has 5 atom stereocenters. The molecule has 0 spiro atoms. The van der Waals surface area contributed by atoms with Crippen LogP contribution in [0.1, 0.15) is 58.4 Å². The van der Waals surface area contributed by atoms with Crippen LogP contribution in [-0.4, -0.2) is 114 Å². The third kappa shape index (κ3) is 6.29. The van der Waals surface area contributed by atoms with E-state index in [1.807, 2.05) is 43.9 Å². The fourth-order valence-corrected chi connectivity index (χ4v) is 9.58. The van der Waals surface area contributed by atoms with E-state index in [9.17, 15) is 9.18 Å². The first-order valence-corrected chi connectivity index (χ1v) is 19.4. The number of pyridine rings is 1. The summed E-state index contributed by atoms with van der Waals surface area (Å²) in [6.07, 6.45) is 8.40. The first-order valence-electron chi connectivity index (χ1n) is 19.4. The zero-order chi connectivity index (χ0) is 38.9. The van der Waals surface area contributed by atoms with Gasteiger partial charge in [-0.25, -0.2) is 18.6 Å². The van der Waals surface area contributed by atoms with Crippen LogP contribution in [0.15, 0.2) is 30.3 Å². The Hall–Kier alpha value is -5.00. The molecule has 294 valence electrons. The predicted octanol–water partition coefficient (Wildman–Crippen LogP) is 6.50. The van der Waals surface area contributed by atoms with E-state index in [-0.39, 0.29) is 67.2 Å². The number of amides is 1. The number of benzene rings is 2. The predicted molar refractivity (Wildman–Crippen MR) is 205 cm³/mol. The maximum absolute atomic E-state index is 17.6. The summed E-state index contributed by atoms with van der Waals surface area (Å²) in [4.78, 5) is 34.3. The molecule has 4 aromatic rings. The number of piperidine rings is 1. The van der Waals surface area contributed by atoms with E-state index >= 15 is 4.39 Å². The third-order valence-electron chi connectivity index (χ3n) is 12.0. The summed E-state index contributed by atoms with van der Waals surface area (Å²) in [5, 5.41) is 1.66. The van der Waals surface area contributed by atoms with Gasteiger partial charge in [0.05, 0.1) is 17.6 Å². The van der Waals surface area contributed by atoms with Gasteiger partial charge in [-0.3, -0.25) is 4.90 Å². The lowest BCUT2D eigenvalue weighted by molar-refractivity contribution is 0.00643. The minimum Gasteiger partial charge on any atom is -0.475 e. The fraction of sp³-hybridized carbons (Fsp3) is 0.524. The average molecular weight is 769 g/mol. The molecule has 12 nitrogen and oxygen atoms in total. The van der Waals surface area contributed by atoms with Crippen molar-refractivity contribution in [3.63, 3.8) is 0 Å². The van der Waals surface area contributed by atoms with Gasteiger partial charge in [0.15, 0.2) is 12.6 Å². The second-order valence-corrected chi connectivity index (χ2v) is 16.7. The fourth-order valence-electron chi connectivity index (χ4n) is 9.58. The number of ether oxygens (including phenoxy) is 5. The number of methoxy groups -OCH3 is 1. The van der Waals surface area contributed by atoms with Crippen LogP contribution in [0.25, 0.3) is 32.9 Å². The molecule has 5 saturated heterocycles. The summed E-state index contributed by atoms with van der Waals surface area (Å²) in [6, 6.07) is 8.59. The molecule has 0 aliphatic carbocycles. The minimum absolute atomic E-state index is 0.00283. The molecule has 14 heteroatoms. The van der Waals surface area contributed by atoms with Gasteiger partial charge in [0.1, 0.15) is 53.2 Å². The van der Waals surface area contributed by atoms with E-state index in [0.29, 0.717) is 59.5 Å². The van der Waals surface area contributed by atoms with Crippen LogP contribution in [0.2, 0.25) is 0 Å². The summed E-state index contributed by atoms with van der Waals surface area (Å²) >= 11 is 0. The summed E-state index contributed by atoms with van der Waals surface area (Å²) in [6.45, 7) is 7.98. The van der Waals surface area contributed by atoms with Crippen molar-refractivity contribution in [1.82, 2.24) is 24.8 Å². The number of aromatic nitrogens is 3. The molecule has 2 aromatic heterocycles. The number of carbonyl (C=O) groups is 1. The van der Waals surface area contributed by atoms with Crippen molar-refractivity contribution < 1.29 is 37.3 Å². The minimum atomic E-state index is -0.945. The largest absolute Gasteiger partial charge is 0.475 e. The molecular weight excluding hydrogens is 722 g/mol. The highest BCUT2D eigenvalue weighted by molar-refractivity contribution is 6.04. The number of nitrogens with zero attached hydrogens (tertiary/aromatic N) is 6. The van der Waals surface area contributed by atoms with E-state index in [0.717, 1.165) is 37.6 Å². The Kier molecular flexibility index (Phi) is 9.08. The monoisotopic (exact) mass is 768 g/mol. The van der Waals surface area contributed by atoms with Gasteiger partial charge in [0.2, 0.25) is 5.88 Å². The average Bonchev–Trinajstić information content (AvgIpc) is 3.51. The van der Waals surface area contributed by atoms with Crippen molar-refractivity contribution in [2.24, 2.45) is 5.92 Å². The molecule has 6 aliphatic heterocycles. The lowest BCUT2D eigenvalue weighted by atomic mass is 9.90. The highest BCUT2D eigenvalue weighted by atomic mass is 19.1. The number of anilines is 1. The molecule has 0 unspecified atom stereocenters. The number of halogens is 2. The molecular formula is C42H46F2N6O6. The number of rotatable bonds is 7. The van der Waals surface area contributed by atoms with Gasteiger partial charge in [-0.2, -0.15) is 9.97 Å². The highest BCUT2D eigenvalue weighted by Crippen LogP contribution is 2.46. The molecule has 8 heterocycles. The molecule has 1 amide bonds. The third-order valence-corrected chi connectivity index (χ3v) is 12.0. The molecule has 56 heavy (non-hydrogen) atoms. The van der Waals surface area contributed by atoms with Crippen molar-refractivity contribution in [3.05, 3.63) is 41.7 Å². The Morgan fingerprint density at radius 3 is 2.77 bits per heavy atom. The molecule has 0 radical (unpaired) electrons. The van der Waals surface area contributed by atoms with Gasteiger partial charge in [0.25, 0.3) is 0 Å². The van der Waals surface area contributed by atoms with Crippen LogP contribution >= 0.6 is 0 Å². The zero-order valence-corrected chi connectivity index (χ0v) is 32.1. The standard InChI is InChI=1S/C42H46F2N6O6/c1-6-24-9-7-10-25-15-29(55-23-52-5)16-30(32(24)25)35-34(44)36-33-37(47-39(46-36)54-22-42-13-8-14-48(42)19-27(43)17-42)50-20-28-12-11-26(31(50)21-53-38(33)45-35)18-49(28)40(51)56-41(2,3)4/h1,7,9-10,15-16,26-28,31H,8,11-14,17-23H2,2-5H3/t26-,27-,28-,31-,42+/m1/s1. The van der Waals surface area contributed by atoms with E-state index in [4.69, 9.17) is 45.1 Å². The second kappa shape index (κ2) is 13.9. The van der Waals surface area contributed by atoms with Crippen LogP contribution in [0.4, 0.5) is 19.4 Å². The van der Waals surface area contributed by atoms with Gasteiger partial charge < -0.3 is 33.5 Å². The van der Waals surface area contributed by atoms with Gasteiger partial charge >= 0.3 is 12.1 Å². The second-order valence-electron chi connectivity index (χ2n) is 16.7. The first kappa shape index (κ1) is 36.6. The van der Waals surface area contributed by atoms with Crippen molar-refractivity contribution in [2.45, 2.75) is 82.3 Å². The van der Waals surface area contributed by atoms with Crippen LogP contribution < -0.4 is 19.1 Å². The van der Waals surface area contributed by atoms with E-state index in [1.54, 1.807) is 12.1 Å².